The minimum Gasteiger partial charge on any atom is -0.369 e. The molecule has 0 spiro atoms. The van der Waals surface area contributed by atoms with E-state index in [1.54, 1.807) is 0 Å². The molecule has 0 fully saturated rings. The molecule has 0 radical (unpaired) electrons. The van der Waals surface area contributed by atoms with Gasteiger partial charge in [-0.15, -0.1) is 0 Å². The van der Waals surface area contributed by atoms with Crippen LogP contribution in [0.4, 0.5) is 5.95 Å². The Hall–Kier alpha value is -2.60. The van der Waals surface area contributed by atoms with Crippen LogP contribution in [-0.4, -0.2) is 21.5 Å². The summed E-state index contributed by atoms with van der Waals surface area (Å²) in [6.07, 6.45) is 5.08. The SMILES string of the molecule is CCC(CC)(CCNCc1c[nH]c2nc(N)[nH]c(=O)c12)c1ccccc1. The summed E-state index contributed by atoms with van der Waals surface area (Å²) in [4.78, 5) is 21.8. The van der Waals surface area contributed by atoms with Crippen molar-refractivity contribution in [2.24, 2.45) is 0 Å². The van der Waals surface area contributed by atoms with Crippen LogP contribution in [0, 0.1) is 0 Å². The van der Waals surface area contributed by atoms with Gasteiger partial charge in [-0.3, -0.25) is 9.78 Å². The van der Waals surface area contributed by atoms with E-state index in [4.69, 9.17) is 5.73 Å². The summed E-state index contributed by atoms with van der Waals surface area (Å²) >= 11 is 0. The molecule has 6 heteroatoms. The van der Waals surface area contributed by atoms with E-state index in [0.717, 1.165) is 31.4 Å². The van der Waals surface area contributed by atoms with Gasteiger partial charge in [0.1, 0.15) is 5.65 Å². The Balaban J connectivity index is 1.67. The van der Waals surface area contributed by atoms with E-state index < -0.39 is 0 Å². The molecule has 0 bridgehead atoms. The number of aromatic nitrogens is 3. The van der Waals surface area contributed by atoms with Gasteiger partial charge in [0.15, 0.2) is 0 Å². The lowest BCUT2D eigenvalue weighted by molar-refractivity contribution is 0.356. The number of nitrogens with one attached hydrogen (secondary N) is 3. The first-order valence-electron chi connectivity index (χ1n) is 9.21. The Bertz CT molecular complexity index is 909. The smallest absolute Gasteiger partial charge is 0.262 e. The van der Waals surface area contributed by atoms with Crippen molar-refractivity contribution in [3.05, 3.63) is 58.0 Å². The number of anilines is 1. The molecular weight excluding hydrogens is 326 g/mol. The van der Waals surface area contributed by atoms with Crippen LogP contribution in [0.1, 0.15) is 44.2 Å². The summed E-state index contributed by atoms with van der Waals surface area (Å²) in [7, 11) is 0. The third-order valence-corrected chi connectivity index (χ3v) is 5.48. The molecule has 5 N–H and O–H groups in total. The van der Waals surface area contributed by atoms with Gasteiger partial charge in [0.25, 0.3) is 5.56 Å². The van der Waals surface area contributed by atoms with Gasteiger partial charge in [-0.1, -0.05) is 44.2 Å². The normalized spacial score (nSPS) is 11.9. The van der Waals surface area contributed by atoms with Gasteiger partial charge < -0.3 is 16.0 Å². The molecule has 0 aliphatic rings. The van der Waals surface area contributed by atoms with E-state index in [0.29, 0.717) is 17.6 Å². The zero-order valence-electron chi connectivity index (χ0n) is 15.4. The van der Waals surface area contributed by atoms with E-state index >= 15 is 0 Å². The fourth-order valence-corrected chi connectivity index (χ4v) is 3.76. The Labute approximate surface area is 153 Å². The van der Waals surface area contributed by atoms with Gasteiger partial charge in [0, 0.05) is 12.7 Å². The standard InChI is InChI=1S/C20H27N5O/c1-3-20(4-2,15-8-6-5-7-9-15)10-11-22-12-14-13-23-17-16(14)18(26)25-19(21)24-17/h5-9,13,22H,3-4,10-12H2,1-2H3,(H4,21,23,24,25,26). The van der Waals surface area contributed by atoms with Crippen LogP contribution < -0.4 is 16.6 Å². The van der Waals surface area contributed by atoms with Crippen LogP contribution in [0.3, 0.4) is 0 Å². The lowest BCUT2D eigenvalue weighted by atomic mass is 9.73. The van der Waals surface area contributed by atoms with Crippen LogP contribution in [0.25, 0.3) is 11.0 Å². The van der Waals surface area contributed by atoms with Crippen LogP contribution in [0.2, 0.25) is 0 Å². The first-order chi connectivity index (χ1) is 12.6. The highest BCUT2D eigenvalue weighted by Gasteiger charge is 2.27. The summed E-state index contributed by atoms with van der Waals surface area (Å²) in [5.41, 5.74) is 8.41. The average Bonchev–Trinajstić information content (AvgIpc) is 3.06. The maximum absolute atomic E-state index is 12.1. The van der Waals surface area contributed by atoms with E-state index in [2.05, 4.69) is 64.4 Å². The molecule has 3 rings (SSSR count). The number of nitrogens with zero attached hydrogens (tertiary/aromatic N) is 1. The molecule has 0 aliphatic heterocycles. The predicted molar refractivity (Wildman–Crippen MR) is 106 cm³/mol. The zero-order chi connectivity index (χ0) is 18.6. The molecule has 0 saturated carbocycles. The molecule has 26 heavy (non-hydrogen) atoms. The summed E-state index contributed by atoms with van der Waals surface area (Å²) < 4.78 is 0. The van der Waals surface area contributed by atoms with Crippen molar-refractivity contribution in [1.29, 1.82) is 0 Å². The molecule has 1 aromatic carbocycles. The number of H-pyrrole nitrogens is 2. The van der Waals surface area contributed by atoms with Crippen molar-refractivity contribution in [3.8, 4) is 0 Å². The second-order valence-corrected chi connectivity index (χ2v) is 6.77. The van der Waals surface area contributed by atoms with E-state index in [1.165, 1.54) is 5.56 Å². The Morgan fingerprint density at radius 3 is 2.62 bits per heavy atom. The molecule has 2 heterocycles. The van der Waals surface area contributed by atoms with E-state index in [-0.39, 0.29) is 16.9 Å². The third-order valence-electron chi connectivity index (χ3n) is 5.48. The number of rotatable bonds is 8. The third kappa shape index (κ3) is 3.51. The molecular formula is C20H27N5O. The number of nitrogens with two attached hydrogens (primary N) is 1. The van der Waals surface area contributed by atoms with Crippen LogP contribution >= 0.6 is 0 Å². The minimum absolute atomic E-state index is 0.127. The van der Waals surface area contributed by atoms with Gasteiger partial charge >= 0.3 is 0 Å². The maximum atomic E-state index is 12.1. The number of fused-ring (bicyclic) bond motifs is 1. The van der Waals surface area contributed by atoms with Crippen LogP contribution in [0.15, 0.2) is 41.3 Å². The molecule has 0 atom stereocenters. The monoisotopic (exact) mass is 353 g/mol. The molecule has 3 aromatic rings. The second kappa shape index (κ2) is 7.74. The summed E-state index contributed by atoms with van der Waals surface area (Å²) in [5.74, 6) is 0.127. The van der Waals surface area contributed by atoms with Crippen molar-refractivity contribution < 1.29 is 0 Å². The highest BCUT2D eigenvalue weighted by molar-refractivity contribution is 5.79. The topological polar surface area (TPSA) is 99.6 Å². The van der Waals surface area contributed by atoms with E-state index in [1.807, 2.05) is 6.20 Å². The van der Waals surface area contributed by atoms with Gasteiger partial charge in [0.2, 0.25) is 5.95 Å². The summed E-state index contributed by atoms with van der Waals surface area (Å²) in [6, 6.07) is 10.7. The molecule has 138 valence electrons. The Morgan fingerprint density at radius 1 is 1.19 bits per heavy atom. The number of hydrogen-bond acceptors (Lipinski definition) is 4. The van der Waals surface area contributed by atoms with Crippen molar-refractivity contribution in [2.75, 3.05) is 12.3 Å². The highest BCUT2D eigenvalue weighted by atomic mass is 16.1. The summed E-state index contributed by atoms with van der Waals surface area (Å²) in [6.45, 7) is 6.01. The van der Waals surface area contributed by atoms with Crippen molar-refractivity contribution in [3.63, 3.8) is 0 Å². The lowest BCUT2D eigenvalue weighted by Crippen LogP contribution is -2.30. The first-order valence-corrected chi connectivity index (χ1v) is 9.21. The number of aromatic amines is 2. The quantitative estimate of drug-likeness (QED) is 0.468. The van der Waals surface area contributed by atoms with Crippen molar-refractivity contribution in [2.45, 2.75) is 45.1 Å². The summed E-state index contributed by atoms with van der Waals surface area (Å²) in [5, 5.41) is 4.06. The van der Waals surface area contributed by atoms with Crippen LogP contribution in [-0.2, 0) is 12.0 Å². The number of nitrogen functional groups attached to an aromatic ring is 1. The maximum Gasteiger partial charge on any atom is 0.262 e. The predicted octanol–water partition coefficient (Wildman–Crippen LogP) is 3.07. The number of benzene rings is 1. The molecule has 2 aromatic heterocycles. The van der Waals surface area contributed by atoms with Gasteiger partial charge in [-0.2, -0.15) is 4.98 Å². The van der Waals surface area contributed by atoms with Gasteiger partial charge in [-0.25, -0.2) is 0 Å². The van der Waals surface area contributed by atoms with Gasteiger partial charge in [0.05, 0.1) is 5.39 Å². The number of hydrogen-bond donors (Lipinski definition) is 4. The van der Waals surface area contributed by atoms with Crippen molar-refractivity contribution in [1.82, 2.24) is 20.3 Å². The average molecular weight is 353 g/mol. The Kier molecular flexibility index (Phi) is 5.42. The zero-order valence-corrected chi connectivity index (χ0v) is 15.4. The molecule has 0 amide bonds. The fraction of sp³-hybridized carbons (Fsp3) is 0.400. The first kappa shape index (κ1) is 18.2. The Morgan fingerprint density at radius 2 is 1.92 bits per heavy atom. The largest absolute Gasteiger partial charge is 0.369 e. The van der Waals surface area contributed by atoms with Gasteiger partial charge in [-0.05, 0) is 42.3 Å². The minimum atomic E-state index is -0.203. The van der Waals surface area contributed by atoms with Crippen molar-refractivity contribution >= 4 is 17.0 Å². The molecule has 0 unspecified atom stereocenters. The van der Waals surface area contributed by atoms with E-state index in [9.17, 15) is 4.79 Å². The molecule has 0 saturated heterocycles. The highest BCUT2D eigenvalue weighted by Crippen LogP contribution is 2.34. The fourth-order valence-electron chi connectivity index (χ4n) is 3.76. The molecule has 0 aliphatic carbocycles. The second-order valence-electron chi connectivity index (χ2n) is 6.77. The molecule has 6 nitrogen and oxygen atoms in total. The van der Waals surface area contributed by atoms with Crippen LogP contribution in [0.5, 0.6) is 0 Å². The lowest BCUT2D eigenvalue weighted by Gasteiger charge is -2.32.